The van der Waals surface area contributed by atoms with Crippen molar-refractivity contribution < 1.29 is 14.6 Å². The van der Waals surface area contributed by atoms with Crippen LogP contribution >= 0.6 is 0 Å². The molecule has 1 aliphatic rings. The van der Waals surface area contributed by atoms with Crippen LogP contribution in [0.15, 0.2) is 66.2 Å². The molecule has 4 rings (SSSR count). The molecule has 0 amide bonds. The molecule has 1 aliphatic heterocycles. The van der Waals surface area contributed by atoms with Crippen LogP contribution in [0.4, 0.5) is 0 Å². The molecule has 3 heteroatoms. The first-order valence-corrected chi connectivity index (χ1v) is 7.44. The van der Waals surface area contributed by atoms with Crippen molar-refractivity contribution in [2.24, 2.45) is 0 Å². The largest absolute Gasteiger partial charge is 0.504 e. The van der Waals surface area contributed by atoms with E-state index in [-0.39, 0.29) is 11.5 Å². The molecule has 3 aromatic rings. The minimum absolute atomic E-state index is 0.00538. The van der Waals surface area contributed by atoms with Gasteiger partial charge in [0.2, 0.25) is 0 Å². The van der Waals surface area contributed by atoms with Crippen LogP contribution in [0, 0.1) is 0 Å². The lowest BCUT2D eigenvalue weighted by Crippen LogP contribution is -2.19. The van der Waals surface area contributed by atoms with Gasteiger partial charge in [-0.25, -0.2) is 4.79 Å². The summed E-state index contributed by atoms with van der Waals surface area (Å²) in [5.74, 6) is -0.128. The zero-order valence-corrected chi connectivity index (χ0v) is 12.3. The van der Waals surface area contributed by atoms with Crippen molar-refractivity contribution in [2.75, 3.05) is 0 Å². The van der Waals surface area contributed by atoms with E-state index < -0.39 is 5.97 Å². The Hall–Kier alpha value is -3.07. The second-order valence-corrected chi connectivity index (χ2v) is 5.57. The second kappa shape index (κ2) is 5.29. The van der Waals surface area contributed by atoms with Gasteiger partial charge in [0, 0.05) is 17.6 Å². The lowest BCUT2D eigenvalue weighted by molar-refractivity contribution is -0.130. The SMILES string of the molecule is O=C1Oc2c(O)cc3ccccc3c2C/C1=C\c1ccccc1. The fraction of sp³-hybridized carbons (Fsp3) is 0.0500. The van der Waals surface area contributed by atoms with E-state index in [1.807, 2.05) is 60.7 Å². The number of hydrogen-bond acceptors (Lipinski definition) is 3. The minimum Gasteiger partial charge on any atom is -0.504 e. The van der Waals surface area contributed by atoms with Crippen molar-refractivity contribution in [3.8, 4) is 11.5 Å². The molecule has 0 atom stereocenters. The summed E-state index contributed by atoms with van der Waals surface area (Å²) in [5.41, 5.74) is 2.38. The maximum absolute atomic E-state index is 12.2. The van der Waals surface area contributed by atoms with Gasteiger partial charge >= 0.3 is 5.97 Å². The lowest BCUT2D eigenvalue weighted by Gasteiger charge is -2.21. The van der Waals surface area contributed by atoms with Crippen molar-refractivity contribution in [3.05, 3.63) is 77.4 Å². The van der Waals surface area contributed by atoms with E-state index in [0.29, 0.717) is 12.0 Å². The van der Waals surface area contributed by atoms with Crippen LogP contribution < -0.4 is 4.74 Å². The van der Waals surface area contributed by atoms with Crippen molar-refractivity contribution >= 4 is 22.8 Å². The molecule has 0 saturated carbocycles. The number of esters is 1. The molecule has 0 aliphatic carbocycles. The maximum Gasteiger partial charge on any atom is 0.339 e. The van der Waals surface area contributed by atoms with Gasteiger partial charge in [-0.2, -0.15) is 0 Å². The Morgan fingerprint density at radius 1 is 1.00 bits per heavy atom. The first-order chi connectivity index (χ1) is 11.2. The average Bonchev–Trinajstić information content (AvgIpc) is 2.57. The molecule has 23 heavy (non-hydrogen) atoms. The Labute approximate surface area is 133 Å². The summed E-state index contributed by atoms with van der Waals surface area (Å²) in [7, 11) is 0. The lowest BCUT2D eigenvalue weighted by atomic mass is 9.94. The summed E-state index contributed by atoms with van der Waals surface area (Å²) in [6.45, 7) is 0. The molecular formula is C20H14O3. The number of ether oxygens (including phenoxy) is 1. The van der Waals surface area contributed by atoms with E-state index in [9.17, 15) is 9.90 Å². The molecule has 0 bridgehead atoms. The van der Waals surface area contributed by atoms with Crippen LogP contribution in [-0.2, 0) is 11.2 Å². The van der Waals surface area contributed by atoms with E-state index in [1.54, 1.807) is 6.07 Å². The first kappa shape index (κ1) is 13.6. The van der Waals surface area contributed by atoms with E-state index in [4.69, 9.17) is 4.74 Å². The standard InChI is InChI=1S/C20H14O3/c21-18-12-14-8-4-5-9-16(14)17-11-15(20(22)23-19(17)18)10-13-6-2-1-3-7-13/h1-10,12,21H,11H2/b15-10+. The maximum atomic E-state index is 12.2. The van der Waals surface area contributed by atoms with Gasteiger partial charge in [0.05, 0.1) is 0 Å². The number of phenolic OH excluding ortho intramolecular Hbond substituents is 1. The van der Waals surface area contributed by atoms with Crippen molar-refractivity contribution in [1.82, 2.24) is 0 Å². The molecule has 3 aromatic carbocycles. The predicted molar refractivity (Wildman–Crippen MR) is 89.4 cm³/mol. The van der Waals surface area contributed by atoms with E-state index in [1.165, 1.54) is 0 Å². The van der Waals surface area contributed by atoms with Gasteiger partial charge in [0.1, 0.15) is 0 Å². The quantitative estimate of drug-likeness (QED) is 0.418. The third kappa shape index (κ3) is 2.36. The summed E-state index contributed by atoms with van der Waals surface area (Å²) < 4.78 is 5.40. The fourth-order valence-electron chi connectivity index (χ4n) is 2.96. The minimum atomic E-state index is -0.410. The molecule has 0 spiro atoms. The summed E-state index contributed by atoms with van der Waals surface area (Å²) >= 11 is 0. The topological polar surface area (TPSA) is 46.5 Å². The van der Waals surface area contributed by atoms with Crippen molar-refractivity contribution in [1.29, 1.82) is 0 Å². The summed E-state index contributed by atoms with van der Waals surface area (Å²) in [6.07, 6.45) is 2.28. The molecular weight excluding hydrogens is 288 g/mol. The highest BCUT2D eigenvalue weighted by Crippen LogP contribution is 2.41. The Bertz CT molecular complexity index is 940. The summed E-state index contributed by atoms with van der Waals surface area (Å²) in [6, 6.07) is 19.1. The van der Waals surface area contributed by atoms with Gasteiger partial charge in [-0.3, -0.25) is 0 Å². The Morgan fingerprint density at radius 2 is 1.74 bits per heavy atom. The molecule has 3 nitrogen and oxygen atoms in total. The van der Waals surface area contributed by atoms with Gasteiger partial charge in [0.15, 0.2) is 11.5 Å². The molecule has 1 heterocycles. The Morgan fingerprint density at radius 3 is 2.57 bits per heavy atom. The van der Waals surface area contributed by atoms with E-state index in [0.717, 1.165) is 21.9 Å². The van der Waals surface area contributed by atoms with Crippen molar-refractivity contribution in [2.45, 2.75) is 6.42 Å². The highest BCUT2D eigenvalue weighted by molar-refractivity contribution is 6.01. The molecule has 112 valence electrons. The van der Waals surface area contributed by atoms with Gasteiger partial charge in [0.25, 0.3) is 0 Å². The zero-order valence-electron chi connectivity index (χ0n) is 12.3. The normalized spacial score (nSPS) is 15.5. The number of fused-ring (bicyclic) bond motifs is 3. The van der Waals surface area contributed by atoms with E-state index in [2.05, 4.69) is 0 Å². The second-order valence-electron chi connectivity index (χ2n) is 5.57. The van der Waals surface area contributed by atoms with Crippen LogP contribution in [0.25, 0.3) is 16.8 Å². The third-order valence-corrected chi connectivity index (χ3v) is 4.05. The van der Waals surface area contributed by atoms with Crippen LogP contribution in [-0.4, -0.2) is 11.1 Å². The smallest absolute Gasteiger partial charge is 0.339 e. The number of rotatable bonds is 1. The van der Waals surface area contributed by atoms with Crippen LogP contribution in [0.1, 0.15) is 11.1 Å². The van der Waals surface area contributed by atoms with E-state index >= 15 is 0 Å². The number of carbonyl (C=O) groups excluding carboxylic acids is 1. The van der Waals surface area contributed by atoms with Crippen LogP contribution in [0.3, 0.4) is 0 Å². The first-order valence-electron chi connectivity index (χ1n) is 7.44. The number of hydrogen-bond donors (Lipinski definition) is 1. The Kier molecular flexibility index (Phi) is 3.12. The fourth-order valence-corrected chi connectivity index (χ4v) is 2.96. The van der Waals surface area contributed by atoms with Crippen LogP contribution in [0.5, 0.6) is 11.5 Å². The molecule has 0 fully saturated rings. The van der Waals surface area contributed by atoms with Gasteiger partial charge in [-0.05, 0) is 28.5 Å². The molecule has 0 radical (unpaired) electrons. The van der Waals surface area contributed by atoms with Crippen molar-refractivity contribution in [3.63, 3.8) is 0 Å². The zero-order chi connectivity index (χ0) is 15.8. The van der Waals surface area contributed by atoms with Crippen LogP contribution in [0.2, 0.25) is 0 Å². The molecule has 0 unspecified atom stereocenters. The third-order valence-electron chi connectivity index (χ3n) is 4.05. The number of phenols is 1. The molecule has 1 N–H and O–H groups in total. The predicted octanol–water partition coefficient (Wildman–Crippen LogP) is 4.09. The molecule has 0 aromatic heterocycles. The van der Waals surface area contributed by atoms with Gasteiger partial charge < -0.3 is 9.84 Å². The summed E-state index contributed by atoms with van der Waals surface area (Å²) in [5, 5.41) is 12.1. The Balaban J connectivity index is 1.87. The number of carbonyl (C=O) groups is 1. The number of aromatic hydroxyl groups is 1. The average molecular weight is 302 g/mol. The highest BCUT2D eigenvalue weighted by Gasteiger charge is 2.27. The monoisotopic (exact) mass is 302 g/mol. The molecule has 0 saturated heterocycles. The number of benzene rings is 3. The summed E-state index contributed by atoms with van der Waals surface area (Å²) in [4.78, 5) is 12.2. The van der Waals surface area contributed by atoms with Gasteiger partial charge in [-0.15, -0.1) is 0 Å². The van der Waals surface area contributed by atoms with Gasteiger partial charge in [-0.1, -0.05) is 54.6 Å². The highest BCUT2D eigenvalue weighted by atomic mass is 16.5.